The van der Waals surface area contributed by atoms with E-state index < -0.39 is 17.6 Å². The minimum absolute atomic E-state index is 0.157. The number of carbonyl (C=O) groups excluding carboxylic acids is 3. The lowest BCUT2D eigenvalue weighted by Gasteiger charge is -2.20. The van der Waals surface area contributed by atoms with Crippen LogP contribution in [0.4, 0.5) is 4.79 Å². The minimum atomic E-state index is -0.794. The average Bonchev–Trinajstić information content (AvgIpc) is 2.66. The summed E-state index contributed by atoms with van der Waals surface area (Å²) in [6, 6.07) is 9.92. The standard InChI is InChI=1S/C22H26N2O5/c1-13-11-17(19(25)15-7-9-16(28-6)10-8-15)18(12-14(13)2)20(26)23-24-21(27)29-22(3,4)5/h7-12H,1-6H3,(H,23,26)(H,24,27). The van der Waals surface area contributed by atoms with E-state index in [0.717, 1.165) is 11.1 Å². The lowest BCUT2D eigenvalue weighted by atomic mass is 9.93. The van der Waals surface area contributed by atoms with E-state index in [9.17, 15) is 14.4 Å². The van der Waals surface area contributed by atoms with Gasteiger partial charge in [0.1, 0.15) is 11.4 Å². The number of ether oxygens (including phenoxy) is 2. The second-order valence-electron chi connectivity index (χ2n) is 7.62. The number of carbonyl (C=O) groups is 3. The van der Waals surface area contributed by atoms with Gasteiger partial charge in [-0.3, -0.25) is 15.0 Å². The molecule has 7 heteroatoms. The van der Waals surface area contributed by atoms with Gasteiger partial charge in [0, 0.05) is 11.1 Å². The lowest BCUT2D eigenvalue weighted by Crippen LogP contribution is -2.44. The molecule has 0 aliphatic rings. The molecule has 0 unspecified atom stereocenters. The van der Waals surface area contributed by atoms with E-state index in [1.807, 2.05) is 13.8 Å². The lowest BCUT2D eigenvalue weighted by molar-refractivity contribution is 0.0483. The zero-order chi connectivity index (χ0) is 21.8. The molecule has 0 saturated carbocycles. The van der Waals surface area contributed by atoms with Crippen LogP contribution >= 0.6 is 0 Å². The zero-order valence-corrected chi connectivity index (χ0v) is 17.5. The molecule has 2 aromatic carbocycles. The summed E-state index contributed by atoms with van der Waals surface area (Å²) in [5.41, 5.74) is 6.33. The van der Waals surface area contributed by atoms with Crippen LogP contribution in [0.15, 0.2) is 36.4 Å². The molecule has 2 rings (SSSR count). The quantitative estimate of drug-likeness (QED) is 0.605. The Morgan fingerprint density at radius 2 is 1.41 bits per heavy atom. The minimum Gasteiger partial charge on any atom is -0.497 e. The Bertz CT molecular complexity index is 927. The van der Waals surface area contributed by atoms with Crippen LogP contribution in [-0.4, -0.2) is 30.5 Å². The first-order valence-electron chi connectivity index (χ1n) is 9.11. The van der Waals surface area contributed by atoms with E-state index >= 15 is 0 Å². The summed E-state index contributed by atoms with van der Waals surface area (Å²) in [5.74, 6) is -0.296. The van der Waals surface area contributed by atoms with Crippen molar-refractivity contribution in [3.63, 3.8) is 0 Å². The molecule has 0 fully saturated rings. The van der Waals surface area contributed by atoms with E-state index in [1.165, 1.54) is 0 Å². The van der Waals surface area contributed by atoms with E-state index in [0.29, 0.717) is 11.3 Å². The van der Waals surface area contributed by atoms with Crippen molar-refractivity contribution >= 4 is 17.8 Å². The molecule has 0 heterocycles. The SMILES string of the molecule is COc1ccc(C(=O)c2cc(C)c(C)cc2C(=O)NNC(=O)OC(C)(C)C)cc1. The van der Waals surface area contributed by atoms with E-state index in [-0.39, 0.29) is 16.9 Å². The molecule has 0 aliphatic carbocycles. The largest absolute Gasteiger partial charge is 0.497 e. The number of aryl methyl sites for hydroxylation is 2. The molecular formula is C22H26N2O5. The highest BCUT2D eigenvalue weighted by Crippen LogP contribution is 2.21. The fraction of sp³-hybridized carbons (Fsp3) is 0.318. The van der Waals surface area contributed by atoms with Crippen molar-refractivity contribution < 1.29 is 23.9 Å². The summed E-state index contributed by atoms with van der Waals surface area (Å²) in [4.78, 5) is 37.5. The van der Waals surface area contributed by atoms with Crippen molar-refractivity contribution in [3.05, 3.63) is 64.2 Å². The Labute approximate surface area is 170 Å². The predicted octanol–water partition coefficient (Wildman–Crippen LogP) is 3.71. The summed E-state index contributed by atoms with van der Waals surface area (Å²) in [7, 11) is 1.54. The van der Waals surface area contributed by atoms with Crippen LogP contribution in [0.1, 0.15) is 58.2 Å². The van der Waals surface area contributed by atoms with E-state index in [4.69, 9.17) is 9.47 Å². The van der Waals surface area contributed by atoms with Crippen molar-refractivity contribution in [2.45, 2.75) is 40.2 Å². The number of ketones is 1. The van der Waals surface area contributed by atoms with E-state index in [1.54, 1.807) is 64.3 Å². The number of hydrogen-bond donors (Lipinski definition) is 2. The van der Waals surface area contributed by atoms with E-state index in [2.05, 4.69) is 10.9 Å². The van der Waals surface area contributed by atoms with Crippen LogP contribution in [0.5, 0.6) is 5.75 Å². The Morgan fingerprint density at radius 1 is 0.862 bits per heavy atom. The molecule has 2 amide bonds. The molecule has 0 radical (unpaired) electrons. The fourth-order valence-corrected chi connectivity index (χ4v) is 2.57. The molecule has 0 aromatic heterocycles. The normalized spacial score (nSPS) is 10.8. The molecule has 29 heavy (non-hydrogen) atoms. The molecule has 0 spiro atoms. The van der Waals surface area contributed by atoms with Crippen molar-refractivity contribution in [2.75, 3.05) is 7.11 Å². The fourth-order valence-electron chi connectivity index (χ4n) is 2.57. The van der Waals surface area contributed by atoms with Crippen molar-refractivity contribution in [3.8, 4) is 5.75 Å². The maximum Gasteiger partial charge on any atom is 0.426 e. The van der Waals surface area contributed by atoms with Gasteiger partial charge >= 0.3 is 6.09 Å². The Morgan fingerprint density at radius 3 is 1.93 bits per heavy atom. The summed E-state index contributed by atoms with van der Waals surface area (Å²) in [6.45, 7) is 8.84. The topological polar surface area (TPSA) is 93.7 Å². The number of hydrazine groups is 1. The van der Waals surface area contributed by atoms with Crippen LogP contribution in [0.25, 0.3) is 0 Å². The Kier molecular flexibility index (Phi) is 6.64. The first kappa shape index (κ1) is 21.9. The van der Waals surface area contributed by atoms with Crippen molar-refractivity contribution in [1.29, 1.82) is 0 Å². The molecule has 7 nitrogen and oxygen atoms in total. The number of nitrogens with one attached hydrogen (secondary N) is 2. The van der Waals surface area contributed by atoms with Gasteiger partial charge in [-0.05, 0) is 82.1 Å². The highest BCUT2D eigenvalue weighted by Gasteiger charge is 2.21. The zero-order valence-electron chi connectivity index (χ0n) is 17.5. The van der Waals surface area contributed by atoms with Crippen LogP contribution < -0.4 is 15.6 Å². The number of benzene rings is 2. The third kappa shape index (κ3) is 5.81. The molecule has 0 bridgehead atoms. The maximum absolute atomic E-state index is 13.0. The van der Waals surface area contributed by atoms with Gasteiger partial charge in [0.2, 0.25) is 0 Å². The van der Waals surface area contributed by atoms with Crippen LogP contribution in [0, 0.1) is 13.8 Å². The second-order valence-corrected chi connectivity index (χ2v) is 7.62. The van der Waals surface area contributed by atoms with Gasteiger partial charge in [-0.1, -0.05) is 0 Å². The smallest absolute Gasteiger partial charge is 0.426 e. The van der Waals surface area contributed by atoms with Gasteiger partial charge in [0.15, 0.2) is 5.78 Å². The maximum atomic E-state index is 13.0. The number of rotatable bonds is 4. The average molecular weight is 398 g/mol. The van der Waals surface area contributed by atoms with Gasteiger partial charge < -0.3 is 9.47 Å². The molecule has 2 aromatic rings. The van der Waals surface area contributed by atoms with Gasteiger partial charge in [-0.2, -0.15) is 0 Å². The third-order valence-corrected chi connectivity index (χ3v) is 4.15. The predicted molar refractivity (Wildman–Crippen MR) is 109 cm³/mol. The summed E-state index contributed by atoms with van der Waals surface area (Å²) >= 11 is 0. The summed E-state index contributed by atoms with van der Waals surface area (Å²) in [6.07, 6.45) is -0.794. The third-order valence-electron chi connectivity index (χ3n) is 4.15. The van der Waals surface area contributed by atoms with Gasteiger partial charge in [0.25, 0.3) is 5.91 Å². The van der Waals surface area contributed by atoms with Crippen LogP contribution in [0.2, 0.25) is 0 Å². The highest BCUT2D eigenvalue weighted by atomic mass is 16.6. The van der Waals surface area contributed by atoms with Crippen molar-refractivity contribution in [2.24, 2.45) is 0 Å². The Balaban J connectivity index is 2.29. The van der Waals surface area contributed by atoms with Gasteiger partial charge in [0.05, 0.1) is 12.7 Å². The number of amides is 2. The Hall–Kier alpha value is -3.35. The van der Waals surface area contributed by atoms with Crippen LogP contribution in [-0.2, 0) is 4.74 Å². The molecule has 0 saturated heterocycles. The summed E-state index contributed by atoms with van der Waals surface area (Å²) < 4.78 is 10.2. The monoisotopic (exact) mass is 398 g/mol. The molecule has 154 valence electrons. The molecular weight excluding hydrogens is 372 g/mol. The van der Waals surface area contributed by atoms with Crippen LogP contribution in [0.3, 0.4) is 0 Å². The second kappa shape index (κ2) is 8.77. The number of hydrogen-bond acceptors (Lipinski definition) is 5. The highest BCUT2D eigenvalue weighted by molar-refractivity contribution is 6.15. The van der Waals surface area contributed by atoms with Crippen molar-refractivity contribution in [1.82, 2.24) is 10.9 Å². The molecule has 0 atom stereocenters. The van der Waals surface area contributed by atoms with Gasteiger partial charge in [-0.25, -0.2) is 10.2 Å². The molecule has 0 aliphatic heterocycles. The first-order valence-corrected chi connectivity index (χ1v) is 9.11. The van der Waals surface area contributed by atoms with Gasteiger partial charge in [-0.15, -0.1) is 0 Å². The molecule has 2 N–H and O–H groups in total. The number of methoxy groups -OCH3 is 1. The summed E-state index contributed by atoms with van der Waals surface area (Å²) in [5, 5.41) is 0. The first-order chi connectivity index (χ1) is 13.5.